The first-order chi connectivity index (χ1) is 10.2. The Morgan fingerprint density at radius 3 is 2.36 bits per heavy atom. The minimum Gasteiger partial charge on any atom is -0.291 e. The average Bonchev–Trinajstić information content (AvgIpc) is 2.82. The summed E-state index contributed by atoms with van der Waals surface area (Å²) in [5.74, 6) is -0.168. The van der Waals surface area contributed by atoms with E-state index in [2.05, 4.69) is 4.98 Å². The summed E-state index contributed by atoms with van der Waals surface area (Å²) in [6, 6.07) is 7.67. The van der Waals surface area contributed by atoms with Gasteiger partial charge < -0.3 is 0 Å². The van der Waals surface area contributed by atoms with Crippen LogP contribution in [0.4, 0.5) is 5.13 Å². The second-order valence-electron chi connectivity index (χ2n) is 5.03. The van der Waals surface area contributed by atoms with Gasteiger partial charge in [0.25, 0.3) is 0 Å². The van der Waals surface area contributed by atoms with Crippen molar-refractivity contribution in [3.05, 3.63) is 41.1 Å². The molecule has 0 spiro atoms. The molecule has 1 heterocycles. The predicted octanol–water partition coefficient (Wildman–Crippen LogP) is 1.61. The predicted molar refractivity (Wildman–Crippen MR) is 86.5 cm³/mol. The van der Waals surface area contributed by atoms with E-state index in [1.54, 1.807) is 14.0 Å². The smallest absolute Gasteiger partial charge is 0.249 e. The van der Waals surface area contributed by atoms with Gasteiger partial charge >= 0.3 is 0 Å². The van der Waals surface area contributed by atoms with Crippen molar-refractivity contribution in [1.29, 1.82) is 0 Å². The molecule has 118 valence electrons. The number of rotatable bonds is 4. The van der Waals surface area contributed by atoms with Gasteiger partial charge in [0, 0.05) is 7.05 Å². The lowest BCUT2D eigenvalue weighted by Crippen LogP contribution is -2.27. The van der Waals surface area contributed by atoms with E-state index in [1.807, 2.05) is 31.2 Å². The van der Waals surface area contributed by atoms with Gasteiger partial charge in [0.2, 0.25) is 15.9 Å². The third-order valence-corrected chi connectivity index (χ3v) is 5.93. The van der Waals surface area contributed by atoms with Gasteiger partial charge in [-0.25, -0.2) is 18.5 Å². The maximum atomic E-state index is 12.3. The number of anilines is 1. The van der Waals surface area contributed by atoms with Crippen LogP contribution in [0.25, 0.3) is 0 Å². The minimum atomic E-state index is -3.82. The maximum absolute atomic E-state index is 12.3. The molecule has 0 unspecified atom stereocenters. The number of hydrogen-bond donors (Lipinski definition) is 1. The average molecular weight is 339 g/mol. The molecule has 0 aliphatic heterocycles. The highest BCUT2D eigenvalue weighted by atomic mass is 32.2. The molecule has 1 aromatic carbocycles. The minimum absolute atomic E-state index is 0.0162. The summed E-state index contributed by atoms with van der Waals surface area (Å²) in [7, 11) is -2.25. The number of likely N-dealkylation sites (N-methyl/N-ethyl adjacent to an activating group) is 1. The summed E-state index contributed by atoms with van der Waals surface area (Å²) >= 11 is 0.897. The molecular formula is C14H17N3O3S2. The lowest BCUT2D eigenvalue weighted by atomic mass is 10.1. The highest BCUT2D eigenvalue weighted by Crippen LogP contribution is 2.28. The van der Waals surface area contributed by atoms with E-state index in [0.717, 1.165) is 22.5 Å². The largest absolute Gasteiger partial charge is 0.291 e. The van der Waals surface area contributed by atoms with Crippen LogP contribution in [-0.2, 0) is 21.2 Å². The van der Waals surface area contributed by atoms with Crippen LogP contribution in [0.1, 0.15) is 16.8 Å². The lowest BCUT2D eigenvalue weighted by Gasteiger charge is -2.13. The monoisotopic (exact) mass is 339 g/mol. The van der Waals surface area contributed by atoms with E-state index in [9.17, 15) is 13.2 Å². The molecule has 0 aliphatic rings. The van der Waals surface area contributed by atoms with Crippen LogP contribution < -0.4 is 10.0 Å². The molecule has 1 aromatic heterocycles. The van der Waals surface area contributed by atoms with Gasteiger partial charge in [-0.05, 0) is 19.4 Å². The van der Waals surface area contributed by atoms with E-state index >= 15 is 0 Å². The zero-order valence-electron chi connectivity index (χ0n) is 12.5. The molecule has 8 heteroatoms. The number of carbonyl (C=O) groups excluding carboxylic acids is 1. The van der Waals surface area contributed by atoms with E-state index < -0.39 is 10.0 Å². The summed E-state index contributed by atoms with van der Waals surface area (Å²) < 4.78 is 22.8. The molecule has 2 N–H and O–H groups in total. The number of sulfonamides is 1. The van der Waals surface area contributed by atoms with Crippen LogP contribution in [0.15, 0.2) is 28.5 Å². The molecule has 2 rings (SSSR count). The van der Waals surface area contributed by atoms with Crippen molar-refractivity contribution >= 4 is 32.4 Å². The Kier molecular flexibility index (Phi) is 4.64. The Balaban J connectivity index is 2.19. The molecule has 0 fully saturated rings. The maximum Gasteiger partial charge on any atom is 0.249 e. The summed E-state index contributed by atoms with van der Waals surface area (Å²) in [6.45, 7) is 3.53. The van der Waals surface area contributed by atoms with Crippen molar-refractivity contribution in [3.63, 3.8) is 0 Å². The number of hydrogen-bond acceptors (Lipinski definition) is 5. The molecule has 1 amide bonds. The van der Waals surface area contributed by atoms with Crippen LogP contribution in [0, 0.1) is 13.8 Å². The first-order valence-corrected chi connectivity index (χ1v) is 8.87. The Bertz CT molecular complexity index is 795. The fourth-order valence-corrected chi connectivity index (χ4v) is 3.81. The number of amides is 1. The molecular weight excluding hydrogens is 322 g/mol. The third-order valence-electron chi connectivity index (χ3n) is 3.14. The second-order valence-corrected chi connectivity index (χ2v) is 7.76. The van der Waals surface area contributed by atoms with Gasteiger partial charge in [-0.3, -0.25) is 9.69 Å². The van der Waals surface area contributed by atoms with Crippen molar-refractivity contribution in [2.75, 3.05) is 11.9 Å². The molecule has 0 aliphatic carbocycles. The molecule has 0 bridgehead atoms. The van der Waals surface area contributed by atoms with E-state index in [0.29, 0.717) is 10.8 Å². The summed E-state index contributed by atoms with van der Waals surface area (Å²) in [6.07, 6.45) is 0.222. The van der Waals surface area contributed by atoms with Crippen molar-refractivity contribution in [3.8, 4) is 0 Å². The lowest BCUT2D eigenvalue weighted by molar-refractivity contribution is -0.117. The fraction of sp³-hybridized carbons (Fsp3) is 0.286. The summed E-state index contributed by atoms with van der Waals surface area (Å²) in [5, 5.41) is 5.44. The first-order valence-electron chi connectivity index (χ1n) is 6.51. The standard InChI is InChI=1S/C14H17N3O3S2/c1-9-4-6-11(7-5-9)8-12(18)17(3)14-16-10(2)13(21-14)22(15,19)20/h4-7H,8H2,1-3H3,(H2,15,19,20). The Labute approximate surface area is 133 Å². The first kappa shape index (κ1) is 16.6. The Morgan fingerprint density at radius 2 is 1.86 bits per heavy atom. The van der Waals surface area contributed by atoms with Gasteiger partial charge in [-0.15, -0.1) is 0 Å². The molecule has 22 heavy (non-hydrogen) atoms. The third kappa shape index (κ3) is 3.70. The number of nitrogens with two attached hydrogens (primary N) is 1. The molecule has 0 saturated carbocycles. The van der Waals surface area contributed by atoms with E-state index in [1.165, 1.54) is 4.90 Å². The van der Waals surface area contributed by atoms with Crippen LogP contribution in [-0.4, -0.2) is 26.4 Å². The van der Waals surface area contributed by atoms with Crippen LogP contribution in [0.5, 0.6) is 0 Å². The summed E-state index contributed by atoms with van der Waals surface area (Å²) in [5.41, 5.74) is 2.32. The van der Waals surface area contributed by atoms with Crippen molar-refractivity contribution in [2.24, 2.45) is 5.14 Å². The van der Waals surface area contributed by atoms with Crippen molar-refractivity contribution in [1.82, 2.24) is 4.98 Å². The van der Waals surface area contributed by atoms with Crippen molar-refractivity contribution in [2.45, 2.75) is 24.5 Å². The topological polar surface area (TPSA) is 93.4 Å². The second kappa shape index (κ2) is 6.15. The zero-order valence-corrected chi connectivity index (χ0v) is 14.2. The van der Waals surface area contributed by atoms with E-state index in [4.69, 9.17) is 5.14 Å². The fourth-order valence-electron chi connectivity index (χ4n) is 1.88. The van der Waals surface area contributed by atoms with Gasteiger partial charge in [-0.1, -0.05) is 41.2 Å². The Hall–Kier alpha value is -1.77. The SMILES string of the molecule is Cc1ccc(CC(=O)N(C)c2nc(C)c(S(N)(=O)=O)s2)cc1. The molecule has 0 saturated heterocycles. The number of thiazole rings is 1. The van der Waals surface area contributed by atoms with Crippen LogP contribution >= 0.6 is 11.3 Å². The molecule has 0 atom stereocenters. The van der Waals surface area contributed by atoms with Gasteiger partial charge in [-0.2, -0.15) is 0 Å². The molecule has 2 aromatic rings. The number of carbonyl (C=O) groups is 1. The number of aryl methyl sites for hydroxylation is 2. The van der Waals surface area contributed by atoms with E-state index in [-0.39, 0.29) is 16.5 Å². The zero-order chi connectivity index (χ0) is 16.5. The molecule has 6 nitrogen and oxygen atoms in total. The highest BCUT2D eigenvalue weighted by molar-refractivity contribution is 7.91. The number of primary sulfonamides is 1. The van der Waals surface area contributed by atoms with Gasteiger partial charge in [0.05, 0.1) is 12.1 Å². The summed E-state index contributed by atoms with van der Waals surface area (Å²) in [4.78, 5) is 17.8. The Morgan fingerprint density at radius 1 is 1.27 bits per heavy atom. The van der Waals surface area contributed by atoms with Crippen LogP contribution in [0.3, 0.4) is 0 Å². The quantitative estimate of drug-likeness (QED) is 0.916. The molecule has 0 radical (unpaired) electrons. The highest BCUT2D eigenvalue weighted by Gasteiger charge is 2.22. The number of aromatic nitrogens is 1. The van der Waals surface area contributed by atoms with Gasteiger partial charge in [0.15, 0.2) is 9.34 Å². The number of benzene rings is 1. The van der Waals surface area contributed by atoms with Crippen molar-refractivity contribution < 1.29 is 13.2 Å². The van der Waals surface area contributed by atoms with Crippen LogP contribution in [0.2, 0.25) is 0 Å². The number of nitrogens with zero attached hydrogens (tertiary/aromatic N) is 2. The normalized spacial score (nSPS) is 11.5. The van der Waals surface area contributed by atoms with Gasteiger partial charge in [0.1, 0.15) is 0 Å².